The van der Waals surface area contributed by atoms with Gasteiger partial charge in [-0.05, 0) is 43.4 Å². The van der Waals surface area contributed by atoms with Crippen molar-refractivity contribution in [3.8, 4) is 5.75 Å². The fourth-order valence-corrected chi connectivity index (χ4v) is 4.14. The maximum atomic E-state index is 12.7. The van der Waals surface area contributed by atoms with Gasteiger partial charge in [-0.15, -0.1) is 0 Å². The van der Waals surface area contributed by atoms with Gasteiger partial charge in [-0.25, -0.2) is 0 Å². The Labute approximate surface area is 197 Å². The number of nitrogens with one attached hydrogen (secondary N) is 1. The number of hydrogen-bond acceptors (Lipinski definition) is 3. The molecular formula is C26H33ClN2O3. The van der Waals surface area contributed by atoms with E-state index < -0.39 is 6.10 Å². The van der Waals surface area contributed by atoms with Crippen LogP contribution in [0.4, 0.5) is 5.69 Å². The van der Waals surface area contributed by atoms with Crippen molar-refractivity contribution < 1.29 is 31.5 Å². The fourth-order valence-electron chi connectivity index (χ4n) is 4.14. The summed E-state index contributed by atoms with van der Waals surface area (Å²) in [5.74, 6) is 0.688. The second-order valence-corrected chi connectivity index (χ2v) is 9.04. The number of amides is 1. The van der Waals surface area contributed by atoms with Crippen molar-refractivity contribution in [3.63, 3.8) is 0 Å². The first kappa shape index (κ1) is 25.7. The van der Waals surface area contributed by atoms with E-state index in [1.54, 1.807) is 0 Å². The summed E-state index contributed by atoms with van der Waals surface area (Å²) in [6.07, 6.45) is -0.690. The minimum absolute atomic E-state index is 0. The molecule has 2 N–H and O–H groups in total. The molecule has 1 unspecified atom stereocenters. The van der Waals surface area contributed by atoms with E-state index in [-0.39, 0.29) is 31.5 Å². The molecular weight excluding hydrogens is 424 g/mol. The zero-order chi connectivity index (χ0) is 22.6. The van der Waals surface area contributed by atoms with E-state index >= 15 is 0 Å². The van der Waals surface area contributed by atoms with Crippen molar-refractivity contribution in [2.45, 2.75) is 26.9 Å². The van der Waals surface area contributed by atoms with Crippen molar-refractivity contribution in [2.24, 2.45) is 0 Å². The first-order chi connectivity index (χ1) is 14.6. The highest BCUT2D eigenvalue weighted by atomic mass is 35.5. The van der Waals surface area contributed by atoms with E-state index in [0.29, 0.717) is 11.0 Å². The van der Waals surface area contributed by atoms with Crippen molar-refractivity contribution in [3.05, 3.63) is 71.3 Å². The van der Waals surface area contributed by atoms with Crippen LogP contribution >= 0.6 is 0 Å². The second kappa shape index (κ2) is 10.8. The zero-order valence-electron chi connectivity index (χ0n) is 19.5. The Kier molecular flexibility index (Phi) is 8.67. The van der Waals surface area contributed by atoms with E-state index in [9.17, 15) is 9.90 Å². The molecule has 0 saturated carbocycles. The Morgan fingerprint density at radius 3 is 2.34 bits per heavy atom. The molecule has 1 atom stereocenters. The molecule has 5 nitrogen and oxygen atoms in total. The number of halogens is 1. The monoisotopic (exact) mass is 456 g/mol. The Hall–Kier alpha value is -2.60. The van der Waals surface area contributed by atoms with Crippen molar-refractivity contribution in [1.29, 1.82) is 0 Å². The molecule has 0 radical (unpaired) electrons. The summed E-state index contributed by atoms with van der Waals surface area (Å²) in [7, 11) is 3.88. The number of fused-ring (bicyclic) bond motifs is 1. The quantitative estimate of drug-likeness (QED) is 0.501. The van der Waals surface area contributed by atoms with Gasteiger partial charge in [0.15, 0.2) is 6.54 Å². The Morgan fingerprint density at radius 1 is 1.03 bits per heavy atom. The number of carbonyl (C=O) groups is 1. The molecule has 3 rings (SSSR count). The summed E-state index contributed by atoms with van der Waals surface area (Å²) < 4.78 is 6.27. The summed E-state index contributed by atoms with van der Waals surface area (Å²) in [5, 5.41) is 15.7. The fraction of sp³-hybridized carbons (Fsp3) is 0.346. The average molecular weight is 457 g/mol. The summed E-state index contributed by atoms with van der Waals surface area (Å²) in [4.78, 5) is 12.7. The molecule has 1 amide bonds. The number of anilines is 1. The van der Waals surface area contributed by atoms with Crippen molar-refractivity contribution in [2.75, 3.05) is 39.1 Å². The Morgan fingerprint density at radius 2 is 1.66 bits per heavy atom. The molecule has 32 heavy (non-hydrogen) atoms. The van der Waals surface area contributed by atoms with Crippen LogP contribution in [0.25, 0.3) is 10.8 Å². The SMILES string of the molecule is Cc1cc(C)c(NC(=O)C[N+](C)(C)CC(O)COc2cccc3ccccc23)c(C)c1.[Cl-]. The number of carbonyl (C=O) groups excluding carboxylic acids is 1. The average Bonchev–Trinajstić information content (AvgIpc) is 2.68. The second-order valence-electron chi connectivity index (χ2n) is 9.04. The zero-order valence-corrected chi connectivity index (χ0v) is 20.2. The number of aryl methyl sites for hydroxylation is 3. The highest BCUT2D eigenvalue weighted by Gasteiger charge is 2.25. The number of aliphatic hydroxyl groups is 1. The summed E-state index contributed by atoms with van der Waals surface area (Å²) >= 11 is 0. The van der Waals surface area contributed by atoms with Gasteiger partial charge in [0.1, 0.15) is 25.0 Å². The topological polar surface area (TPSA) is 58.6 Å². The van der Waals surface area contributed by atoms with Gasteiger partial charge in [0.05, 0.1) is 14.1 Å². The van der Waals surface area contributed by atoms with Crippen LogP contribution in [0.5, 0.6) is 5.75 Å². The van der Waals surface area contributed by atoms with Crippen LogP contribution in [-0.2, 0) is 4.79 Å². The number of quaternary nitrogens is 1. The lowest BCUT2D eigenvalue weighted by molar-refractivity contribution is -0.885. The first-order valence-corrected chi connectivity index (χ1v) is 10.6. The van der Waals surface area contributed by atoms with E-state index in [2.05, 4.69) is 17.4 Å². The third-order valence-electron chi connectivity index (χ3n) is 5.40. The lowest BCUT2D eigenvalue weighted by atomic mass is 10.1. The van der Waals surface area contributed by atoms with Gasteiger partial charge in [-0.1, -0.05) is 54.1 Å². The molecule has 0 aliphatic rings. The molecule has 0 aliphatic heterocycles. The van der Waals surface area contributed by atoms with Gasteiger partial charge in [-0.3, -0.25) is 4.79 Å². The third kappa shape index (κ3) is 6.70. The smallest absolute Gasteiger partial charge is 0.279 e. The van der Waals surface area contributed by atoms with Gasteiger partial charge < -0.3 is 32.1 Å². The minimum Gasteiger partial charge on any atom is -1.00 e. The largest absolute Gasteiger partial charge is 1.00 e. The van der Waals surface area contributed by atoms with Gasteiger partial charge in [-0.2, -0.15) is 0 Å². The molecule has 0 fully saturated rings. The van der Waals surface area contributed by atoms with E-state index in [1.165, 1.54) is 5.56 Å². The molecule has 3 aromatic rings. The number of hydrogen-bond donors (Lipinski definition) is 2. The highest BCUT2D eigenvalue weighted by molar-refractivity contribution is 5.93. The summed E-state index contributed by atoms with van der Waals surface area (Å²) in [6, 6.07) is 18.0. The number of ether oxygens (including phenoxy) is 1. The number of likely N-dealkylation sites (N-methyl/N-ethyl adjacent to an activating group) is 1. The molecule has 6 heteroatoms. The number of benzene rings is 3. The normalized spacial score (nSPS) is 12.2. The summed E-state index contributed by atoms with van der Waals surface area (Å²) in [6.45, 7) is 6.90. The van der Waals surface area contributed by atoms with E-state index in [1.807, 2.05) is 77.3 Å². The van der Waals surface area contributed by atoms with Crippen LogP contribution in [0.2, 0.25) is 0 Å². The molecule has 0 saturated heterocycles. The van der Waals surface area contributed by atoms with Crippen LogP contribution in [0.1, 0.15) is 16.7 Å². The van der Waals surface area contributed by atoms with Crippen LogP contribution in [0, 0.1) is 20.8 Å². The van der Waals surface area contributed by atoms with Gasteiger partial charge in [0.2, 0.25) is 0 Å². The van der Waals surface area contributed by atoms with Crippen LogP contribution < -0.4 is 22.5 Å². The summed E-state index contributed by atoms with van der Waals surface area (Å²) in [5.41, 5.74) is 4.16. The number of rotatable bonds is 8. The van der Waals surface area contributed by atoms with Gasteiger partial charge >= 0.3 is 0 Å². The molecule has 0 aromatic heterocycles. The molecule has 0 heterocycles. The standard InChI is InChI=1S/C26H32N2O3.ClH/c1-18-13-19(2)26(20(3)14-18)27-25(30)16-28(4,5)15-22(29)17-31-24-12-8-10-21-9-6-7-11-23(21)24;/h6-14,22,29H,15-17H2,1-5H3;1H. The van der Waals surface area contributed by atoms with Crippen molar-refractivity contribution in [1.82, 2.24) is 0 Å². The minimum atomic E-state index is -0.690. The highest BCUT2D eigenvalue weighted by Crippen LogP contribution is 2.25. The van der Waals surface area contributed by atoms with E-state index in [4.69, 9.17) is 4.74 Å². The molecule has 172 valence electrons. The van der Waals surface area contributed by atoms with Crippen LogP contribution in [0.15, 0.2) is 54.6 Å². The predicted octanol–water partition coefficient (Wildman–Crippen LogP) is 1.22. The molecule has 0 bridgehead atoms. The maximum Gasteiger partial charge on any atom is 0.279 e. The number of nitrogens with zero attached hydrogens (tertiary/aromatic N) is 1. The van der Waals surface area contributed by atoms with Crippen LogP contribution in [-0.4, -0.2) is 55.4 Å². The lowest BCUT2D eigenvalue weighted by Crippen LogP contribution is -3.00. The van der Waals surface area contributed by atoms with Crippen LogP contribution in [0.3, 0.4) is 0 Å². The van der Waals surface area contributed by atoms with E-state index in [0.717, 1.165) is 33.3 Å². The molecule has 0 aliphatic carbocycles. The Balaban J connectivity index is 0.00000363. The van der Waals surface area contributed by atoms with Gasteiger partial charge in [0, 0.05) is 11.1 Å². The molecule has 3 aromatic carbocycles. The Bertz CT molecular complexity index is 1050. The predicted molar refractivity (Wildman–Crippen MR) is 127 cm³/mol. The number of aliphatic hydroxyl groups excluding tert-OH is 1. The van der Waals surface area contributed by atoms with Crippen molar-refractivity contribution >= 4 is 22.4 Å². The maximum absolute atomic E-state index is 12.7. The lowest BCUT2D eigenvalue weighted by Gasteiger charge is -2.31. The molecule has 0 spiro atoms. The third-order valence-corrected chi connectivity index (χ3v) is 5.40. The first-order valence-electron chi connectivity index (χ1n) is 10.6. The van der Waals surface area contributed by atoms with Gasteiger partial charge in [0.25, 0.3) is 5.91 Å².